The highest BCUT2D eigenvalue weighted by atomic mass is 14.2. The fourth-order valence-electron chi connectivity index (χ4n) is 2.37. The Bertz CT molecular complexity index is 105. The molecule has 0 aliphatic rings. The highest BCUT2D eigenvalue weighted by molar-refractivity contribution is 4.63. The lowest BCUT2D eigenvalue weighted by atomic mass is 9.86. The van der Waals surface area contributed by atoms with Gasteiger partial charge in [0.25, 0.3) is 0 Å². The van der Waals surface area contributed by atoms with Crippen LogP contribution in [0, 0.1) is 17.8 Å². The molecule has 0 aliphatic carbocycles. The van der Waals surface area contributed by atoms with Gasteiger partial charge in [-0.25, -0.2) is 0 Å². The largest absolute Gasteiger partial charge is 0.0683 e. The lowest BCUT2D eigenvalue weighted by Crippen LogP contribution is -2.07. The molecule has 94 valence electrons. The first-order valence-electron chi connectivity index (χ1n) is 7.10. The van der Waals surface area contributed by atoms with Crippen LogP contribution in [0.5, 0.6) is 0 Å². The second kappa shape index (κ2) is 12.1. The minimum absolute atomic E-state index is 0.870. The second-order valence-electron chi connectivity index (χ2n) is 5.03. The first kappa shape index (κ1) is 17.4. The zero-order valence-electron chi connectivity index (χ0n) is 12.3. The molecule has 0 aromatic carbocycles. The topological polar surface area (TPSA) is 0 Å². The van der Waals surface area contributed by atoms with E-state index in [1.807, 2.05) is 13.8 Å². The lowest BCUT2D eigenvalue weighted by molar-refractivity contribution is 0.319. The van der Waals surface area contributed by atoms with Gasteiger partial charge in [-0.05, 0) is 30.6 Å². The zero-order valence-corrected chi connectivity index (χ0v) is 12.3. The molecule has 1 unspecified atom stereocenters. The Balaban J connectivity index is 0. The number of hydrogen-bond acceptors (Lipinski definition) is 0. The molecule has 0 saturated carbocycles. The molecule has 0 nitrogen and oxygen atoms in total. The van der Waals surface area contributed by atoms with Crippen molar-refractivity contribution in [1.29, 1.82) is 0 Å². The predicted molar refractivity (Wildman–Crippen MR) is 73.3 cm³/mol. The van der Waals surface area contributed by atoms with E-state index in [1.54, 1.807) is 0 Å². The fraction of sp³-hybridized carbons (Fsp3) is 1.00. The van der Waals surface area contributed by atoms with Crippen LogP contribution in [0.15, 0.2) is 0 Å². The van der Waals surface area contributed by atoms with Crippen molar-refractivity contribution < 1.29 is 0 Å². The quantitative estimate of drug-likeness (QED) is 0.494. The van der Waals surface area contributed by atoms with Crippen LogP contribution in [0.25, 0.3) is 0 Å². The van der Waals surface area contributed by atoms with Crippen LogP contribution in [0.3, 0.4) is 0 Å². The first-order chi connectivity index (χ1) is 7.10. The van der Waals surface area contributed by atoms with E-state index in [-0.39, 0.29) is 0 Å². The van der Waals surface area contributed by atoms with Crippen LogP contribution in [-0.4, -0.2) is 0 Å². The first-order valence-corrected chi connectivity index (χ1v) is 7.10. The summed E-state index contributed by atoms with van der Waals surface area (Å²) in [7, 11) is 0. The van der Waals surface area contributed by atoms with Crippen LogP contribution < -0.4 is 0 Å². The monoisotopic (exact) mass is 214 g/mol. The molecule has 0 heterocycles. The molecule has 0 radical (unpaired) electrons. The maximum Gasteiger partial charge on any atom is -0.0414 e. The van der Waals surface area contributed by atoms with Gasteiger partial charge in [-0.15, -0.1) is 0 Å². The van der Waals surface area contributed by atoms with Crippen LogP contribution >= 0.6 is 0 Å². The molecule has 0 rings (SSSR count). The molecule has 0 N–H and O–H groups in total. The fourth-order valence-corrected chi connectivity index (χ4v) is 2.37. The van der Waals surface area contributed by atoms with E-state index in [4.69, 9.17) is 0 Å². The highest BCUT2D eigenvalue weighted by Gasteiger charge is 2.11. The number of rotatable bonds is 7. The van der Waals surface area contributed by atoms with Gasteiger partial charge in [0.05, 0.1) is 0 Å². The Kier molecular flexibility index (Phi) is 14.0. The molecule has 0 heteroatoms. The van der Waals surface area contributed by atoms with Gasteiger partial charge >= 0.3 is 0 Å². The standard InChI is InChI=1S/C13H28.C2H6/c1-6-8-13(7-2)10-12(5)9-11(3)4;1-2/h11-13H,6-10H2,1-5H3;1-2H3/t12?,13-;/m0./s1. The van der Waals surface area contributed by atoms with Crippen molar-refractivity contribution in [2.24, 2.45) is 17.8 Å². The minimum atomic E-state index is 0.870. The number of hydrogen-bond donors (Lipinski definition) is 0. The molecular formula is C15H34. The van der Waals surface area contributed by atoms with Crippen molar-refractivity contribution in [3.05, 3.63) is 0 Å². The van der Waals surface area contributed by atoms with E-state index >= 15 is 0 Å². The SMILES string of the molecule is CC.CCC[C@H](CC)CC(C)CC(C)C. The molecule has 0 saturated heterocycles. The average molecular weight is 214 g/mol. The third-order valence-corrected chi connectivity index (χ3v) is 2.88. The third kappa shape index (κ3) is 11.9. The van der Waals surface area contributed by atoms with Gasteiger partial charge in [0.15, 0.2) is 0 Å². The van der Waals surface area contributed by atoms with Gasteiger partial charge in [0.1, 0.15) is 0 Å². The Hall–Kier alpha value is 0. The Morgan fingerprint density at radius 2 is 1.40 bits per heavy atom. The van der Waals surface area contributed by atoms with Gasteiger partial charge in [-0.3, -0.25) is 0 Å². The van der Waals surface area contributed by atoms with Crippen molar-refractivity contribution in [1.82, 2.24) is 0 Å². The lowest BCUT2D eigenvalue weighted by Gasteiger charge is -2.20. The summed E-state index contributed by atoms with van der Waals surface area (Å²) in [4.78, 5) is 0. The molecule has 0 bridgehead atoms. The predicted octanol–water partition coefficient (Wildman–Crippen LogP) is 5.91. The highest BCUT2D eigenvalue weighted by Crippen LogP contribution is 2.24. The van der Waals surface area contributed by atoms with Crippen LogP contribution in [0.1, 0.15) is 80.6 Å². The van der Waals surface area contributed by atoms with E-state index in [0.717, 1.165) is 17.8 Å². The smallest absolute Gasteiger partial charge is 0.0414 e. The molecular weight excluding hydrogens is 180 g/mol. The normalized spacial score (nSPS) is 14.4. The Morgan fingerprint density at radius 1 is 0.867 bits per heavy atom. The molecule has 2 atom stereocenters. The van der Waals surface area contributed by atoms with Crippen LogP contribution in [0.2, 0.25) is 0 Å². The van der Waals surface area contributed by atoms with Crippen molar-refractivity contribution in [2.75, 3.05) is 0 Å². The maximum absolute atomic E-state index is 2.42. The molecule has 0 aromatic rings. The van der Waals surface area contributed by atoms with Crippen molar-refractivity contribution in [2.45, 2.75) is 80.6 Å². The van der Waals surface area contributed by atoms with Gasteiger partial charge in [-0.2, -0.15) is 0 Å². The van der Waals surface area contributed by atoms with E-state index in [2.05, 4.69) is 34.6 Å². The van der Waals surface area contributed by atoms with E-state index in [9.17, 15) is 0 Å². The van der Waals surface area contributed by atoms with E-state index in [1.165, 1.54) is 32.1 Å². The summed E-state index contributed by atoms with van der Waals surface area (Å²) >= 11 is 0. The van der Waals surface area contributed by atoms with Gasteiger partial charge in [0.2, 0.25) is 0 Å². The summed E-state index contributed by atoms with van der Waals surface area (Å²) in [5, 5.41) is 0. The summed E-state index contributed by atoms with van der Waals surface area (Å²) < 4.78 is 0. The van der Waals surface area contributed by atoms with Crippen molar-refractivity contribution in [3.8, 4) is 0 Å². The summed E-state index contributed by atoms with van der Waals surface area (Å²) in [5.74, 6) is 2.78. The minimum Gasteiger partial charge on any atom is -0.0683 e. The molecule has 0 amide bonds. The van der Waals surface area contributed by atoms with Crippen molar-refractivity contribution in [3.63, 3.8) is 0 Å². The summed E-state index contributed by atoms with van der Waals surface area (Å²) in [6.45, 7) is 15.7. The van der Waals surface area contributed by atoms with E-state index in [0.29, 0.717) is 0 Å². The van der Waals surface area contributed by atoms with Crippen molar-refractivity contribution >= 4 is 0 Å². The van der Waals surface area contributed by atoms with Crippen LogP contribution in [0.4, 0.5) is 0 Å². The summed E-state index contributed by atoms with van der Waals surface area (Å²) in [6, 6.07) is 0. The third-order valence-electron chi connectivity index (χ3n) is 2.88. The van der Waals surface area contributed by atoms with Gasteiger partial charge in [-0.1, -0.05) is 67.7 Å². The van der Waals surface area contributed by atoms with Gasteiger partial charge < -0.3 is 0 Å². The molecule has 0 fully saturated rings. The maximum atomic E-state index is 2.42. The summed E-state index contributed by atoms with van der Waals surface area (Å²) in [6.07, 6.45) is 7.00. The molecule has 0 spiro atoms. The molecule has 0 aliphatic heterocycles. The molecule has 0 aromatic heterocycles. The van der Waals surface area contributed by atoms with E-state index < -0.39 is 0 Å². The van der Waals surface area contributed by atoms with Crippen LogP contribution in [-0.2, 0) is 0 Å². The zero-order chi connectivity index (χ0) is 12.3. The average Bonchev–Trinajstić information content (AvgIpc) is 2.19. The Morgan fingerprint density at radius 3 is 1.73 bits per heavy atom. The van der Waals surface area contributed by atoms with Gasteiger partial charge in [0, 0.05) is 0 Å². The Labute approximate surface area is 98.9 Å². The summed E-state index contributed by atoms with van der Waals surface area (Å²) in [5.41, 5.74) is 0. The second-order valence-corrected chi connectivity index (χ2v) is 5.03. The molecule has 15 heavy (non-hydrogen) atoms.